The molecule has 0 spiro atoms. The molecule has 0 N–H and O–H groups in total. The highest BCUT2D eigenvalue weighted by Gasteiger charge is 1.83. The van der Waals surface area contributed by atoms with Crippen LogP contribution in [-0.4, -0.2) is 19.0 Å². The van der Waals surface area contributed by atoms with Gasteiger partial charge in [-0.2, -0.15) is 0 Å². The Hall–Kier alpha value is -0.790. The highest BCUT2D eigenvalue weighted by atomic mass is 19.1. The summed E-state index contributed by atoms with van der Waals surface area (Å²) in [5, 5.41) is 0. The number of allylic oxidation sites excluding steroid dienone is 2. The molecule has 0 amide bonds. The van der Waals surface area contributed by atoms with Gasteiger partial charge in [-0.05, 0) is 6.08 Å². The Morgan fingerprint density at radius 3 is 2.25 bits per heavy atom. The molecule has 46 valence electrons. The van der Waals surface area contributed by atoms with E-state index in [9.17, 15) is 4.39 Å². The van der Waals surface area contributed by atoms with Crippen molar-refractivity contribution in [3.05, 3.63) is 24.7 Å². The fourth-order valence-corrected chi connectivity index (χ4v) is 0.299. The topological polar surface area (TPSA) is 3.24 Å². The zero-order valence-electron chi connectivity index (χ0n) is 5.19. The summed E-state index contributed by atoms with van der Waals surface area (Å²) in [6, 6.07) is 0. The van der Waals surface area contributed by atoms with Gasteiger partial charge in [-0.3, -0.25) is 0 Å². The zero-order chi connectivity index (χ0) is 6.57. The third-order valence-corrected chi connectivity index (χ3v) is 0.577. The van der Waals surface area contributed by atoms with E-state index in [0.29, 0.717) is 0 Å². The van der Waals surface area contributed by atoms with Crippen LogP contribution < -0.4 is 0 Å². The van der Waals surface area contributed by atoms with E-state index in [1.54, 1.807) is 19.0 Å². The van der Waals surface area contributed by atoms with Crippen molar-refractivity contribution >= 4 is 0 Å². The van der Waals surface area contributed by atoms with E-state index in [2.05, 4.69) is 6.58 Å². The lowest BCUT2D eigenvalue weighted by atomic mass is 10.5. The summed E-state index contributed by atoms with van der Waals surface area (Å²) in [4.78, 5) is 1.62. The van der Waals surface area contributed by atoms with E-state index >= 15 is 0 Å². The van der Waals surface area contributed by atoms with Gasteiger partial charge in [-0.1, -0.05) is 6.58 Å². The van der Waals surface area contributed by atoms with Gasteiger partial charge in [0.15, 0.2) is 0 Å². The molecular weight excluding hydrogens is 105 g/mol. The number of rotatable bonds is 2. The van der Waals surface area contributed by atoms with Gasteiger partial charge >= 0.3 is 0 Å². The SMILES string of the molecule is C=C/C(F)=C\N(C)C. The van der Waals surface area contributed by atoms with Gasteiger partial charge in [0.2, 0.25) is 0 Å². The molecule has 0 aliphatic heterocycles. The second-order valence-electron chi connectivity index (χ2n) is 1.68. The first-order valence-corrected chi connectivity index (χ1v) is 2.33. The molecule has 0 saturated carbocycles. The zero-order valence-corrected chi connectivity index (χ0v) is 5.19. The molecule has 2 heteroatoms. The fraction of sp³-hybridized carbons (Fsp3) is 0.333. The molecule has 0 saturated heterocycles. The van der Waals surface area contributed by atoms with Crippen molar-refractivity contribution in [2.24, 2.45) is 0 Å². The van der Waals surface area contributed by atoms with Gasteiger partial charge in [0.1, 0.15) is 5.83 Å². The third kappa shape index (κ3) is 3.40. The summed E-state index contributed by atoms with van der Waals surface area (Å²) in [5.41, 5.74) is 0. The first kappa shape index (κ1) is 7.21. The van der Waals surface area contributed by atoms with Gasteiger partial charge in [-0.15, -0.1) is 0 Å². The quantitative estimate of drug-likeness (QED) is 0.493. The van der Waals surface area contributed by atoms with E-state index in [-0.39, 0.29) is 5.83 Å². The molecule has 0 atom stereocenters. The van der Waals surface area contributed by atoms with Crippen LogP contribution >= 0.6 is 0 Å². The largest absolute Gasteiger partial charge is 0.381 e. The van der Waals surface area contributed by atoms with Crippen LogP contribution in [0.1, 0.15) is 0 Å². The molecule has 1 nitrogen and oxygen atoms in total. The number of hydrogen-bond acceptors (Lipinski definition) is 1. The molecule has 0 bridgehead atoms. The Balaban J connectivity index is 3.74. The lowest BCUT2D eigenvalue weighted by molar-refractivity contribution is 0.529. The number of nitrogens with zero attached hydrogens (tertiary/aromatic N) is 1. The second kappa shape index (κ2) is 3.24. The monoisotopic (exact) mass is 115 g/mol. The Kier molecular flexibility index (Phi) is 2.92. The fourth-order valence-electron chi connectivity index (χ4n) is 0.299. The Bertz CT molecular complexity index is 105. The van der Waals surface area contributed by atoms with Crippen molar-refractivity contribution in [3.63, 3.8) is 0 Å². The second-order valence-corrected chi connectivity index (χ2v) is 1.68. The van der Waals surface area contributed by atoms with Crippen molar-refractivity contribution in [2.75, 3.05) is 14.1 Å². The minimum atomic E-state index is -0.310. The van der Waals surface area contributed by atoms with Gasteiger partial charge in [0, 0.05) is 20.3 Å². The average Bonchev–Trinajstić information content (AvgIpc) is 1.65. The first-order chi connectivity index (χ1) is 3.66. The summed E-state index contributed by atoms with van der Waals surface area (Å²) in [5.74, 6) is -0.310. The van der Waals surface area contributed by atoms with Crippen molar-refractivity contribution in [1.82, 2.24) is 4.90 Å². The molecule has 0 heterocycles. The average molecular weight is 115 g/mol. The standard InChI is InChI=1S/C6H10FN/c1-4-6(7)5-8(2)3/h4-5H,1H2,2-3H3/b6-5+. The van der Waals surface area contributed by atoms with E-state index < -0.39 is 0 Å². The van der Waals surface area contributed by atoms with Crippen molar-refractivity contribution < 1.29 is 4.39 Å². The molecule has 0 aromatic carbocycles. The van der Waals surface area contributed by atoms with Gasteiger partial charge in [0.25, 0.3) is 0 Å². The van der Waals surface area contributed by atoms with Gasteiger partial charge in [-0.25, -0.2) is 4.39 Å². The van der Waals surface area contributed by atoms with Crippen LogP contribution in [0.15, 0.2) is 24.7 Å². The summed E-state index contributed by atoms with van der Waals surface area (Å²) in [6.07, 6.45) is 2.52. The van der Waals surface area contributed by atoms with Crippen molar-refractivity contribution in [1.29, 1.82) is 0 Å². The molecule has 0 aromatic heterocycles. The first-order valence-electron chi connectivity index (χ1n) is 2.33. The summed E-state index contributed by atoms with van der Waals surface area (Å²) >= 11 is 0. The Morgan fingerprint density at radius 2 is 2.12 bits per heavy atom. The third-order valence-electron chi connectivity index (χ3n) is 0.577. The molecule has 8 heavy (non-hydrogen) atoms. The van der Waals surface area contributed by atoms with Gasteiger partial charge in [0.05, 0.1) is 0 Å². The minimum absolute atomic E-state index is 0.310. The predicted molar refractivity (Wildman–Crippen MR) is 33.1 cm³/mol. The molecular formula is C6H10FN. The molecule has 0 radical (unpaired) electrons. The molecule has 0 aliphatic carbocycles. The molecule has 0 aromatic rings. The number of hydrogen-bond donors (Lipinski definition) is 0. The Morgan fingerprint density at radius 1 is 1.62 bits per heavy atom. The predicted octanol–water partition coefficient (Wildman–Crippen LogP) is 1.54. The van der Waals surface area contributed by atoms with Crippen molar-refractivity contribution in [3.8, 4) is 0 Å². The highest BCUT2D eigenvalue weighted by Crippen LogP contribution is 1.95. The maximum Gasteiger partial charge on any atom is 0.138 e. The number of halogens is 1. The summed E-state index contributed by atoms with van der Waals surface area (Å²) in [7, 11) is 3.51. The van der Waals surface area contributed by atoms with Crippen LogP contribution in [0.5, 0.6) is 0 Å². The van der Waals surface area contributed by atoms with E-state index in [4.69, 9.17) is 0 Å². The molecule has 0 rings (SSSR count). The maximum atomic E-state index is 12.1. The van der Waals surface area contributed by atoms with E-state index in [1.807, 2.05) is 0 Å². The molecule has 0 unspecified atom stereocenters. The maximum absolute atomic E-state index is 12.1. The van der Waals surface area contributed by atoms with Crippen LogP contribution in [0.2, 0.25) is 0 Å². The van der Waals surface area contributed by atoms with Crippen LogP contribution in [0, 0.1) is 0 Å². The lowest BCUT2D eigenvalue weighted by Crippen LogP contribution is -2.00. The summed E-state index contributed by atoms with van der Waals surface area (Å²) < 4.78 is 12.1. The minimum Gasteiger partial charge on any atom is -0.381 e. The van der Waals surface area contributed by atoms with E-state index in [1.165, 1.54) is 12.3 Å². The molecule has 0 aliphatic rings. The van der Waals surface area contributed by atoms with Crippen LogP contribution in [-0.2, 0) is 0 Å². The van der Waals surface area contributed by atoms with Crippen LogP contribution in [0.25, 0.3) is 0 Å². The highest BCUT2D eigenvalue weighted by molar-refractivity contribution is 5.05. The van der Waals surface area contributed by atoms with Crippen LogP contribution in [0.4, 0.5) is 4.39 Å². The van der Waals surface area contributed by atoms with Crippen molar-refractivity contribution in [2.45, 2.75) is 0 Å². The normalized spacial score (nSPS) is 11.1. The Labute approximate surface area is 49.1 Å². The smallest absolute Gasteiger partial charge is 0.138 e. The van der Waals surface area contributed by atoms with E-state index in [0.717, 1.165) is 0 Å². The lowest BCUT2D eigenvalue weighted by Gasteiger charge is -2.01. The molecule has 0 fully saturated rings. The summed E-state index contributed by atoms with van der Waals surface area (Å²) in [6.45, 7) is 3.24. The van der Waals surface area contributed by atoms with Gasteiger partial charge < -0.3 is 4.90 Å². The van der Waals surface area contributed by atoms with Crippen LogP contribution in [0.3, 0.4) is 0 Å².